The molecule has 0 saturated heterocycles. The first-order valence-corrected chi connectivity index (χ1v) is 11.0. The van der Waals surface area contributed by atoms with Gasteiger partial charge in [-0.25, -0.2) is 0 Å². The van der Waals surface area contributed by atoms with Gasteiger partial charge in [0.2, 0.25) is 5.16 Å². The smallest absolute Gasteiger partial charge is 0.325 e. The number of phenolic OH excluding ortho intramolecular Hbond substituents is 1. The Morgan fingerprint density at radius 2 is 2.00 bits per heavy atom. The van der Waals surface area contributed by atoms with Crippen LogP contribution in [0.4, 0.5) is 5.69 Å². The maximum atomic E-state index is 13.0. The van der Waals surface area contributed by atoms with E-state index < -0.39 is 0 Å². The molecule has 0 spiro atoms. The molecule has 6 nitrogen and oxygen atoms in total. The SMILES string of the molecule is CCCCCCSc1n[n+]2c(c(=O)[nH]1)-c1ccccc1N[C@@H]2c1cccc(O)c1. The van der Waals surface area contributed by atoms with E-state index >= 15 is 0 Å². The van der Waals surface area contributed by atoms with Crippen LogP contribution in [-0.2, 0) is 0 Å². The number of aromatic hydroxyl groups is 1. The van der Waals surface area contributed by atoms with Gasteiger partial charge in [0.05, 0.1) is 11.3 Å². The maximum Gasteiger partial charge on any atom is 0.325 e. The van der Waals surface area contributed by atoms with Crippen LogP contribution in [0.5, 0.6) is 5.75 Å². The van der Waals surface area contributed by atoms with Crippen molar-refractivity contribution in [1.82, 2.24) is 10.1 Å². The van der Waals surface area contributed by atoms with Crippen LogP contribution < -0.4 is 15.6 Å². The van der Waals surface area contributed by atoms with Crippen molar-refractivity contribution in [3.63, 3.8) is 0 Å². The van der Waals surface area contributed by atoms with E-state index in [2.05, 4.69) is 17.2 Å². The molecule has 150 valence electrons. The molecule has 3 aromatic rings. The Morgan fingerprint density at radius 1 is 1.14 bits per heavy atom. The molecule has 4 rings (SSSR count). The number of H-pyrrole nitrogens is 1. The van der Waals surface area contributed by atoms with Crippen LogP contribution in [0.2, 0.25) is 0 Å². The van der Waals surface area contributed by atoms with Crippen molar-refractivity contribution in [3.05, 3.63) is 64.4 Å². The zero-order valence-corrected chi connectivity index (χ0v) is 17.2. The number of hydrogen-bond donors (Lipinski definition) is 3. The number of aromatic amines is 1. The number of anilines is 1. The summed E-state index contributed by atoms with van der Waals surface area (Å²) >= 11 is 1.57. The summed E-state index contributed by atoms with van der Waals surface area (Å²) in [6.45, 7) is 2.19. The highest BCUT2D eigenvalue weighted by molar-refractivity contribution is 7.99. The Morgan fingerprint density at radius 3 is 2.83 bits per heavy atom. The summed E-state index contributed by atoms with van der Waals surface area (Å²) in [6.07, 6.45) is 4.33. The summed E-state index contributed by atoms with van der Waals surface area (Å²) in [6, 6.07) is 14.8. The average Bonchev–Trinajstić information content (AvgIpc) is 2.73. The molecule has 1 atom stereocenters. The van der Waals surface area contributed by atoms with Crippen molar-refractivity contribution in [2.75, 3.05) is 11.1 Å². The van der Waals surface area contributed by atoms with Gasteiger partial charge >= 0.3 is 11.3 Å². The maximum absolute atomic E-state index is 13.0. The summed E-state index contributed by atoms with van der Waals surface area (Å²) in [5, 5.41) is 18.8. The molecule has 0 aliphatic carbocycles. The van der Waals surface area contributed by atoms with Crippen molar-refractivity contribution >= 4 is 17.4 Å². The van der Waals surface area contributed by atoms with E-state index in [0.29, 0.717) is 10.9 Å². The number of phenols is 1. The second-order valence-electron chi connectivity index (χ2n) is 7.15. The fourth-order valence-corrected chi connectivity index (χ4v) is 4.42. The number of rotatable bonds is 7. The largest absolute Gasteiger partial charge is 0.508 e. The molecule has 0 amide bonds. The van der Waals surface area contributed by atoms with Crippen molar-refractivity contribution in [2.24, 2.45) is 0 Å². The lowest BCUT2D eigenvalue weighted by Gasteiger charge is -2.22. The lowest BCUT2D eigenvalue weighted by Crippen LogP contribution is -2.55. The number of hydrogen-bond acceptors (Lipinski definition) is 5. The zero-order chi connectivity index (χ0) is 20.2. The first-order valence-electron chi connectivity index (χ1n) is 10.0. The van der Waals surface area contributed by atoms with Crippen molar-refractivity contribution in [3.8, 4) is 17.0 Å². The molecule has 0 bridgehead atoms. The standard InChI is InChI=1S/C22H24N4O2S/c1-2-3-4-7-13-29-22-24-21(28)19-17-11-5-6-12-18(17)23-20(26(19)25-22)15-9-8-10-16(27)14-15/h5-6,8-12,14,20H,2-4,7,13H2,1H3,(H2,24,25,27,28)/p+1/t20-/m0/s1. The van der Waals surface area contributed by atoms with Gasteiger partial charge < -0.3 is 10.4 Å². The second kappa shape index (κ2) is 8.69. The molecule has 3 N–H and O–H groups in total. The molecule has 0 fully saturated rings. The van der Waals surface area contributed by atoms with Gasteiger partial charge in [0.15, 0.2) is 0 Å². The molecular weight excluding hydrogens is 384 g/mol. The molecule has 0 unspecified atom stereocenters. The minimum Gasteiger partial charge on any atom is -0.508 e. The van der Waals surface area contributed by atoms with Gasteiger partial charge in [0, 0.05) is 16.4 Å². The molecule has 0 radical (unpaired) electrons. The molecule has 0 saturated carbocycles. The number of para-hydroxylation sites is 1. The first kappa shape index (κ1) is 19.5. The Kier molecular flexibility index (Phi) is 5.85. The van der Waals surface area contributed by atoms with Gasteiger partial charge in [-0.3, -0.25) is 9.78 Å². The fourth-order valence-electron chi connectivity index (χ4n) is 3.57. The van der Waals surface area contributed by atoms with Crippen molar-refractivity contribution in [1.29, 1.82) is 0 Å². The number of nitrogens with one attached hydrogen (secondary N) is 2. The monoisotopic (exact) mass is 409 g/mol. The van der Waals surface area contributed by atoms with Gasteiger partial charge in [-0.15, -0.1) is 0 Å². The van der Waals surface area contributed by atoms with Crippen LogP contribution in [0.15, 0.2) is 58.5 Å². The topological polar surface area (TPSA) is 81.9 Å². The van der Waals surface area contributed by atoms with Gasteiger partial charge in [-0.05, 0) is 41.4 Å². The minimum atomic E-state index is -0.381. The molecule has 1 aliphatic rings. The highest BCUT2D eigenvalue weighted by Crippen LogP contribution is 2.32. The van der Waals surface area contributed by atoms with E-state index in [0.717, 1.165) is 29.0 Å². The number of aromatic nitrogens is 3. The van der Waals surface area contributed by atoms with E-state index in [1.807, 2.05) is 30.3 Å². The molecule has 7 heteroatoms. The Bertz CT molecular complexity index is 1070. The van der Waals surface area contributed by atoms with Gasteiger partial charge in [-0.2, -0.15) is 0 Å². The fraction of sp³-hybridized carbons (Fsp3) is 0.318. The highest BCUT2D eigenvalue weighted by Gasteiger charge is 2.37. The Labute approximate surface area is 174 Å². The molecular formula is C22H25N4O2S+. The molecule has 2 heterocycles. The Balaban J connectivity index is 1.74. The Hall–Kier alpha value is -2.80. The average molecular weight is 410 g/mol. The van der Waals surface area contributed by atoms with E-state index in [-0.39, 0.29) is 17.5 Å². The highest BCUT2D eigenvalue weighted by atomic mass is 32.2. The number of thioether (sulfide) groups is 1. The number of fused-ring (bicyclic) bond motifs is 3. The first-order chi connectivity index (χ1) is 14.2. The summed E-state index contributed by atoms with van der Waals surface area (Å²) in [5.74, 6) is 1.10. The minimum absolute atomic E-state index is 0.157. The van der Waals surface area contributed by atoms with Gasteiger partial charge in [-0.1, -0.05) is 56.1 Å². The van der Waals surface area contributed by atoms with Crippen LogP contribution in [0.3, 0.4) is 0 Å². The second-order valence-corrected chi connectivity index (χ2v) is 8.23. The molecule has 1 aliphatic heterocycles. The summed E-state index contributed by atoms with van der Waals surface area (Å²) in [7, 11) is 0. The predicted molar refractivity (Wildman–Crippen MR) is 115 cm³/mol. The predicted octanol–water partition coefficient (Wildman–Crippen LogP) is 4.07. The quantitative estimate of drug-likeness (QED) is 0.311. The lowest BCUT2D eigenvalue weighted by atomic mass is 10.0. The third-order valence-corrected chi connectivity index (χ3v) is 5.95. The van der Waals surface area contributed by atoms with Gasteiger partial charge in [0.25, 0.3) is 6.17 Å². The molecule has 29 heavy (non-hydrogen) atoms. The van der Waals surface area contributed by atoms with Crippen LogP contribution in [-0.4, -0.2) is 20.9 Å². The van der Waals surface area contributed by atoms with Crippen LogP contribution in [0.25, 0.3) is 11.3 Å². The summed E-state index contributed by atoms with van der Waals surface area (Å²) in [5.41, 5.74) is 2.88. The number of nitrogens with zero attached hydrogens (tertiary/aromatic N) is 2. The van der Waals surface area contributed by atoms with Crippen LogP contribution in [0.1, 0.15) is 44.3 Å². The molecule has 1 aromatic heterocycles. The molecule has 2 aromatic carbocycles. The van der Waals surface area contributed by atoms with Crippen molar-refractivity contribution < 1.29 is 9.79 Å². The van der Waals surface area contributed by atoms with Gasteiger partial charge in [0.1, 0.15) is 5.75 Å². The van der Waals surface area contributed by atoms with Crippen LogP contribution in [0, 0.1) is 0 Å². The normalized spacial score (nSPS) is 14.7. The van der Waals surface area contributed by atoms with E-state index in [1.165, 1.54) is 19.3 Å². The summed E-state index contributed by atoms with van der Waals surface area (Å²) < 4.78 is 1.74. The van der Waals surface area contributed by atoms with E-state index in [4.69, 9.17) is 5.10 Å². The van der Waals surface area contributed by atoms with E-state index in [1.54, 1.807) is 34.6 Å². The van der Waals surface area contributed by atoms with Crippen LogP contribution >= 0.6 is 11.8 Å². The lowest BCUT2D eigenvalue weighted by molar-refractivity contribution is -0.759. The van der Waals surface area contributed by atoms with Crippen molar-refractivity contribution in [2.45, 2.75) is 43.9 Å². The number of unbranched alkanes of at least 4 members (excludes halogenated alkanes) is 3. The number of benzene rings is 2. The third kappa shape index (κ3) is 4.15. The zero-order valence-electron chi connectivity index (χ0n) is 16.4. The van der Waals surface area contributed by atoms with E-state index in [9.17, 15) is 9.90 Å². The third-order valence-electron chi connectivity index (χ3n) is 5.00. The summed E-state index contributed by atoms with van der Waals surface area (Å²) in [4.78, 5) is 16.0.